The van der Waals surface area contributed by atoms with E-state index in [1.807, 2.05) is 38.1 Å². The number of aryl methyl sites for hydroxylation is 1. The number of hydrogen-bond acceptors (Lipinski definition) is 5. The summed E-state index contributed by atoms with van der Waals surface area (Å²) in [7, 11) is 0. The number of hydrogen-bond donors (Lipinski definition) is 0. The fourth-order valence-corrected chi connectivity index (χ4v) is 3.16. The number of rotatable bonds is 6. The molecule has 0 N–H and O–H groups in total. The van der Waals surface area contributed by atoms with E-state index >= 15 is 0 Å². The van der Waals surface area contributed by atoms with E-state index in [2.05, 4.69) is 20.8 Å². The molecule has 0 unspecified atom stereocenters. The van der Waals surface area contributed by atoms with Gasteiger partial charge in [0.05, 0.1) is 18.8 Å². The third kappa shape index (κ3) is 3.88. The lowest BCUT2D eigenvalue weighted by molar-refractivity contribution is 0.287. The molecule has 26 heavy (non-hydrogen) atoms. The Hall–Kier alpha value is -2.81. The Labute approximate surface area is 154 Å². The van der Waals surface area contributed by atoms with Crippen LogP contribution in [0.1, 0.15) is 50.3 Å². The largest absolute Gasteiger partial charge is 0.490 e. The minimum absolute atomic E-state index is 0.511. The van der Waals surface area contributed by atoms with Crippen molar-refractivity contribution in [3.8, 4) is 17.6 Å². The Bertz CT molecular complexity index is 833. The number of fused-ring (bicyclic) bond motifs is 1. The topological polar surface area (TPSA) is 73.0 Å². The van der Waals surface area contributed by atoms with Gasteiger partial charge in [-0.2, -0.15) is 5.26 Å². The van der Waals surface area contributed by atoms with Gasteiger partial charge in [0.25, 0.3) is 0 Å². The van der Waals surface area contributed by atoms with Crippen molar-refractivity contribution in [1.82, 2.24) is 14.8 Å². The van der Waals surface area contributed by atoms with Gasteiger partial charge >= 0.3 is 0 Å². The second-order valence-electron chi connectivity index (χ2n) is 6.14. The Kier molecular flexibility index (Phi) is 5.90. The van der Waals surface area contributed by atoms with E-state index in [4.69, 9.17) is 9.47 Å². The molecule has 0 spiro atoms. The molecule has 0 radical (unpaired) electrons. The van der Waals surface area contributed by atoms with Gasteiger partial charge in [0, 0.05) is 13.0 Å². The maximum Gasteiger partial charge on any atom is 0.174 e. The highest BCUT2D eigenvalue weighted by Gasteiger charge is 2.18. The molecule has 0 aliphatic carbocycles. The molecule has 0 saturated carbocycles. The fraction of sp³-hybridized carbons (Fsp3) is 0.450. The lowest BCUT2D eigenvalue weighted by Crippen LogP contribution is -2.05. The number of aromatic nitrogens is 3. The maximum atomic E-state index is 9.69. The van der Waals surface area contributed by atoms with E-state index in [9.17, 15) is 5.26 Å². The third-order valence-electron chi connectivity index (χ3n) is 4.35. The number of allylic oxidation sites excluding steroid dienone is 1. The summed E-state index contributed by atoms with van der Waals surface area (Å²) in [5.74, 6) is 3.01. The van der Waals surface area contributed by atoms with Crippen LogP contribution in [0.2, 0.25) is 0 Å². The summed E-state index contributed by atoms with van der Waals surface area (Å²) < 4.78 is 13.4. The van der Waals surface area contributed by atoms with Crippen molar-refractivity contribution in [2.75, 3.05) is 13.2 Å². The normalized spacial score (nSPS) is 14.3. The summed E-state index contributed by atoms with van der Waals surface area (Å²) in [4.78, 5) is 0. The Morgan fingerprint density at radius 1 is 1.15 bits per heavy atom. The molecule has 0 saturated heterocycles. The fourth-order valence-electron chi connectivity index (χ4n) is 3.16. The summed E-state index contributed by atoms with van der Waals surface area (Å²) in [5, 5.41) is 18.3. The monoisotopic (exact) mass is 352 g/mol. The highest BCUT2D eigenvalue weighted by atomic mass is 16.5. The SMILES string of the molecule is CCOc1ccc(C=C(C#N)c2nnc3n2CCCCC3)cc1OCC. The molecular weight excluding hydrogens is 328 g/mol. The van der Waals surface area contributed by atoms with Crippen molar-refractivity contribution >= 4 is 11.6 Å². The Morgan fingerprint density at radius 2 is 1.96 bits per heavy atom. The van der Waals surface area contributed by atoms with E-state index in [1.54, 1.807) is 0 Å². The van der Waals surface area contributed by atoms with E-state index < -0.39 is 0 Å². The van der Waals surface area contributed by atoms with Crippen LogP contribution in [-0.2, 0) is 13.0 Å². The van der Waals surface area contributed by atoms with Crippen LogP contribution in [0.4, 0.5) is 0 Å². The molecule has 136 valence electrons. The van der Waals surface area contributed by atoms with E-state index in [1.165, 1.54) is 6.42 Å². The molecule has 1 aromatic heterocycles. The molecule has 1 aliphatic rings. The molecule has 0 atom stereocenters. The molecule has 0 bridgehead atoms. The van der Waals surface area contributed by atoms with Gasteiger partial charge < -0.3 is 14.0 Å². The summed E-state index contributed by atoms with van der Waals surface area (Å²) in [6.45, 7) is 5.86. The van der Waals surface area contributed by atoms with Crippen molar-refractivity contribution < 1.29 is 9.47 Å². The van der Waals surface area contributed by atoms with Crippen molar-refractivity contribution in [1.29, 1.82) is 5.26 Å². The predicted molar refractivity (Wildman–Crippen MR) is 99.8 cm³/mol. The zero-order valence-electron chi connectivity index (χ0n) is 15.4. The molecule has 6 heteroatoms. The van der Waals surface area contributed by atoms with Gasteiger partial charge in [0.15, 0.2) is 17.3 Å². The first-order chi connectivity index (χ1) is 12.8. The van der Waals surface area contributed by atoms with E-state index in [0.717, 1.165) is 37.2 Å². The molecule has 6 nitrogen and oxygen atoms in total. The van der Waals surface area contributed by atoms with Gasteiger partial charge in [-0.1, -0.05) is 12.5 Å². The number of ether oxygens (including phenoxy) is 2. The van der Waals surface area contributed by atoms with Crippen LogP contribution in [0.5, 0.6) is 11.5 Å². The maximum absolute atomic E-state index is 9.69. The minimum atomic E-state index is 0.511. The van der Waals surface area contributed by atoms with Gasteiger partial charge in [-0.05, 0) is 50.5 Å². The van der Waals surface area contributed by atoms with Gasteiger partial charge in [-0.3, -0.25) is 0 Å². The molecule has 0 fully saturated rings. The van der Waals surface area contributed by atoms with Crippen LogP contribution in [0.15, 0.2) is 18.2 Å². The molecule has 1 aromatic carbocycles. The zero-order valence-corrected chi connectivity index (χ0v) is 15.4. The van der Waals surface area contributed by atoms with E-state index in [-0.39, 0.29) is 0 Å². The first-order valence-electron chi connectivity index (χ1n) is 9.20. The Morgan fingerprint density at radius 3 is 2.73 bits per heavy atom. The molecule has 0 amide bonds. The first kappa shape index (κ1) is 18.0. The predicted octanol–water partition coefficient (Wildman–Crippen LogP) is 3.87. The summed E-state index contributed by atoms with van der Waals surface area (Å²) in [6, 6.07) is 7.97. The minimum Gasteiger partial charge on any atom is -0.490 e. The summed E-state index contributed by atoms with van der Waals surface area (Å²) in [5.41, 5.74) is 1.39. The van der Waals surface area contributed by atoms with Crippen LogP contribution in [-0.4, -0.2) is 28.0 Å². The van der Waals surface area contributed by atoms with Crippen molar-refractivity contribution in [3.05, 3.63) is 35.4 Å². The number of nitriles is 1. The van der Waals surface area contributed by atoms with Crippen LogP contribution in [0.25, 0.3) is 11.6 Å². The average Bonchev–Trinajstić information content (AvgIpc) is 2.90. The van der Waals surface area contributed by atoms with Crippen LogP contribution in [0, 0.1) is 11.3 Å². The van der Waals surface area contributed by atoms with Crippen LogP contribution in [0.3, 0.4) is 0 Å². The molecule has 2 aromatic rings. The van der Waals surface area contributed by atoms with Gasteiger partial charge in [0.2, 0.25) is 0 Å². The van der Waals surface area contributed by atoms with Crippen molar-refractivity contribution in [2.24, 2.45) is 0 Å². The summed E-state index contributed by atoms with van der Waals surface area (Å²) >= 11 is 0. The van der Waals surface area contributed by atoms with Crippen LogP contribution >= 0.6 is 0 Å². The standard InChI is InChI=1S/C20H24N4O2/c1-3-25-17-10-9-15(13-18(17)26-4-2)12-16(14-21)20-23-22-19-8-6-5-7-11-24(19)20/h9-10,12-13H,3-8,11H2,1-2H3. The summed E-state index contributed by atoms with van der Waals surface area (Å²) in [6.07, 6.45) is 6.16. The highest BCUT2D eigenvalue weighted by Crippen LogP contribution is 2.30. The quantitative estimate of drug-likeness (QED) is 0.738. The van der Waals surface area contributed by atoms with Gasteiger partial charge in [-0.15, -0.1) is 10.2 Å². The lowest BCUT2D eigenvalue weighted by atomic mass is 10.1. The van der Waals surface area contributed by atoms with Crippen LogP contribution < -0.4 is 9.47 Å². The van der Waals surface area contributed by atoms with Crippen molar-refractivity contribution in [2.45, 2.75) is 46.1 Å². The highest BCUT2D eigenvalue weighted by molar-refractivity contribution is 5.87. The van der Waals surface area contributed by atoms with Gasteiger partial charge in [-0.25, -0.2) is 0 Å². The molecule has 1 aliphatic heterocycles. The number of benzene rings is 1. The Balaban J connectivity index is 1.96. The van der Waals surface area contributed by atoms with E-state index in [0.29, 0.717) is 36.1 Å². The molecule has 3 rings (SSSR count). The zero-order chi connectivity index (χ0) is 18.4. The molecular formula is C20H24N4O2. The third-order valence-corrected chi connectivity index (χ3v) is 4.35. The lowest BCUT2D eigenvalue weighted by Gasteiger charge is -2.11. The van der Waals surface area contributed by atoms with Crippen molar-refractivity contribution in [3.63, 3.8) is 0 Å². The molecule has 2 heterocycles. The smallest absolute Gasteiger partial charge is 0.174 e. The van der Waals surface area contributed by atoms with Gasteiger partial charge in [0.1, 0.15) is 11.9 Å². The number of nitrogens with zero attached hydrogens (tertiary/aromatic N) is 4. The second kappa shape index (κ2) is 8.52. The first-order valence-corrected chi connectivity index (χ1v) is 9.20. The second-order valence-corrected chi connectivity index (χ2v) is 6.14. The average molecular weight is 352 g/mol.